The second-order valence-corrected chi connectivity index (χ2v) is 5.43. The summed E-state index contributed by atoms with van der Waals surface area (Å²) in [4.78, 5) is 7.19. The van der Waals surface area contributed by atoms with Gasteiger partial charge in [-0.1, -0.05) is 26.8 Å². The zero-order valence-electron chi connectivity index (χ0n) is 13.1. The highest BCUT2D eigenvalue weighted by atomic mass is 15.2. The average molecular weight is 274 g/mol. The molecule has 2 heterocycles. The SMILES string of the molecule is CCCN(CC)c1nc2ccccn2c1CNC(C)C. The van der Waals surface area contributed by atoms with Gasteiger partial charge in [0.25, 0.3) is 0 Å². The van der Waals surface area contributed by atoms with Crippen LogP contribution < -0.4 is 10.2 Å². The van der Waals surface area contributed by atoms with Crippen LogP contribution in [0, 0.1) is 0 Å². The number of fused-ring (bicyclic) bond motifs is 1. The molecule has 0 fully saturated rings. The van der Waals surface area contributed by atoms with Crippen molar-refractivity contribution in [1.82, 2.24) is 14.7 Å². The van der Waals surface area contributed by atoms with Crippen molar-refractivity contribution < 1.29 is 0 Å². The smallest absolute Gasteiger partial charge is 0.152 e. The van der Waals surface area contributed by atoms with E-state index in [1.807, 2.05) is 6.07 Å². The molecule has 20 heavy (non-hydrogen) atoms. The summed E-state index contributed by atoms with van der Waals surface area (Å²) >= 11 is 0. The van der Waals surface area contributed by atoms with Gasteiger partial charge in [-0.05, 0) is 25.5 Å². The van der Waals surface area contributed by atoms with Gasteiger partial charge in [-0.15, -0.1) is 0 Å². The molecule has 2 aromatic heterocycles. The molecule has 0 aromatic carbocycles. The van der Waals surface area contributed by atoms with Crippen LogP contribution in [0.25, 0.3) is 5.65 Å². The second kappa shape index (κ2) is 6.75. The van der Waals surface area contributed by atoms with Crippen LogP contribution in [0.3, 0.4) is 0 Å². The van der Waals surface area contributed by atoms with Gasteiger partial charge in [0.1, 0.15) is 5.65 Å². The molecule has 4 heteroatoms. The molecule has 110 valence electrons. The molecule has 0 atom stereocenters. The molecule has 0 saturated carbocycles. The minimum Gasteiger partial charge on any atom is -0.355 e. The van der Waals surface area contributed by atoms with E-state index >= 15 is 0 Å². The number of nitrogens with zero attached hydrogens (tertiary/aromatic N) is 3. The van der Waals surface area contributed by atoms with E-state index < -0.39 is 0 Å². The summed E-state index contributed by atoms with van der Waals surface area (Å²) in [5.74, 6) is 1.12. The van der Waals surface area contributed by atoms with Gasteiger partial charge < -0.3 is 14.6 Å². The first kappa shape index (κ1) is 14.9. The topological polar surface area (TPSA) is 32.6 Å². The normalized spacial score (nSPS) is 11.4. The van der Waals surface area contributed by atoms with Gasteiger partial charge >= 0.3 is 0 Å². The summed E-state index contributed by atoms with van der Waals surface area (Å²) in [6.07, 6.45) is 3.24. The Labute approximate surface area is 121 Å². The van der Waals surface area contributed by atoms with Gasteiger partial charge in [-0.25, -0.2) is 4.98 Å². The van der Waals surface area contributed by atoms with Gasteiger partial charge in [0.05, 0.1) is 5.69 Å². The fourth-order valence-electron chi connectivity index (χ4n) is 2.44. The van der Waals surface area contributed by atoms with Gasteiger partial charge in [0, 0.05) is 31.9 Å². The summed E-state index contributed by atoms with van der Waals surface area (Å²) < 4.78 is 2.20. The number of pyridine rings is 1. The third-order valence-electron chi connectivity index (χ3n) is 3.46. The first-order valence-electron chi connectivity index (χ1n) is 7.61. The van der Waals surface area contributed by atoms with Crippen LogP contribution >= 0.6 is 0 Å². The maximum absolute atomic E-state index is 4.83. The monoisotopic (exact) mass is 274 g/mol. The standard InChI is InChI=1S/C16H26N4/c1-5-10-19(6-2)16-14(12-17-13(3)4)20-11-8-7-9-15(20)18-16/h7-9,11,13,17H,5-6,10,12H2,1-4H3. The quantitative estimate of drug-likeness (QED) is 0.842. The van der Waals surface area contributed by atoms with Crippen molar-refractivity contribution in [3.8, 4) is 0 Å². The van der Waals surface area contributed by atoms with E-state index in [0.717, 1.165) is 37.5 Å². The van der Waals surface area contributed by atoms with Crippen LogP contribution in [0.1, 0.15) is 39.8 Å². The van der Waals surface area contributed by atoms with Crippen molar-refractivity contribution in [2.75, 3.05) is 18.0 Å². The fourth-order valence-corrected chi connectivity index (χ4v) is 2.44. The van der Waals surface area contributed by atoms with E-state index in [2.05, 4.69) is 60.6 Å². The van der Waals surface area contributed by atoms with E-state index in [-0.39, 0.29) is 0 Å². The van der Waals surface area contributed by atoms with Crippen LogP contribution in [0.15, 0.2) is 24.4 Å². The highest BCUT2D eigenvalue weighted by molar-refractivity contribution is 5.56. The van der Waals surface area contributed by atoms with Crippen LogP contribution in [0.2, 0.25) is 0 Å². The van der Waals surface area contributed by atoms with Gasteiger partial charge in [0.15, 0.2) is 5.82 Å². The van der Waals surface area contributed by atoms with Crippen molar-refractivity contribution in [2.45, 2.75) is 46.7 Å². The lowest BCUT2D eigenvalue weighted by molar-refractivity contribution is 0.578. The third kappa shape index (κ3) is 3.12. The summed E-state index contributed by atoms with van der Waals surface area (Å²) in [6.45, 7) is 11.6. The van der Waals surface area contributed by atoms with Crippen molar-refractivity contribution in [1.29, 1.82) is 0 Å². The largest absolute Gasteiger partial charge is 0.355 e. The predicted octanol–water partition coefficient (Wildman–Crippen LogP) is 3.07. The molecule has 0 aliphatic rings. The van der Waals surface area contributed by atoms with E-state index in [4.69, 9.17) is 4.98 Å². The molecule has 0 amide bonds. The summed E-state index contributed by atoms with van der Waals surface area (Å²) in [6, 6.07) is 6.65. The van der Waals surface area contributed by atoms with E-state index in [9.17, 15) is 0 Å². The molecular weight excluding hydrogens is 248 g/mol. The number of aromatic nitrogens is 2. The maximum Gasteiger partial charge on any atom is 0.152 e. The Morgan fingerprint density at radius 3 is 2.75 bits per heavy atom. The van der Waals surface area contributed by atoms with Crippen molar-refractivity contribution in [2.24, 2.45) is 0 Å². The molecule has 0 radical (unpaired) electrons. The van der Waals surface area contributed by atoms with Gasteiger partial charge in [-0.3, -0.25) is 0 Å². The predicted molar refractivity (Wildman–Crippen MR) is 85.3 cm³/mol. The minimum absolute atomic E-state index is 0.471. The van der Waals surface area contributed by atoms with Crippen molar-refractivity contribution in [3.63, 3.8) is 0 Å². The molecule has 2 rings (SSSR count). The zero-order chi connectivity index (χ0) is 14.5. The van der Waals surface area contributed by atoms with Gasteiger partial charge in [0.2, 0.25) is 0 Å². The average Bonchev–Trinajstić information content (AvgIpc) is 2.81. The first-order valence-corrected chi connectivity index (χ1v) is 7.61. The Balaban J connectivity index is 2.42. The molecular formula is C16H26N4. The minimum atomic E-state index is 0.471. The van der Waals surface area contributed by atoms with Crippen LogP contribution in [0.4, 0.5) is 5.82 Å². The molecule has 0 aliphatic heterocycles. The highest BCUT2D eigenvalue weighted by Gasteiger charge is 2.16. The Morgan fingerprint density at radius 1 is 1.30 bits per heavy atom. The highest BCUT2D eigenvalue weighted by Crippen LogP contribution is 2.22. The molecule has 0 saturated heterocycles. The Bertz CT molecular complexity index is 544. The molecule has 2 aromatic rings. The van der Waals surface area contributed by atoms with E-state index in [1.165, 1.54) is 5.69 Å². The number of hydrogen-bond acceptors (Lipinski definition) is 3. The lowest BCUT2D eigenvalue weighted by atomic mass is 10.3. The lowest BCUT2D eigenvalue weighted by Crippen LogP contribution is -2.28. The zero-order valence-corrected chi connectivity index (χ0v) is 13.1. The molecule has 1 N–H and O–H groups in total. The van der Waals surface area contributed by atoms with E-state index in [1.54, 1.807) is 0 Å². The van der Waals surface area contributed by atoms with E-state index in [0.29, 0.717) is 6.04 Å². The number of nitrogens with one attached hydrogen (secondary N) is 1. The van der Waals surface area contributed by atoms with Crippen molar-refractivity contribution >= 4 is 11.5 Å². The Hall–Kier alpha value is -1.55. The summed E-state index contributed by atoms with van der Waals surface area (Å²) in [7, 11) is 0. The summed E-state index contributed by atoms with van der Waals surface area (Å²) in [5.41, 5.74) is 2.28. The molecule has 0 aliphatic carbocycles. The number of hydrogen-bond donors (Lipinski definition) is 1. The first-order chi connectivity index (χ1) is 9.67. The Kier molecular flexibility index (Phi) is 5.01. The number of anilines is 1. The fraction of sp³-hybridized carbons (Fsp3) is 0.562. The third-order valence-corrected chi connectivity index (χ3v) is 3.46. The summed E-state index contributed by atoms with van der Waals surface area (Å²) in [5, 5.41) is 3.51. The van der Waals surface area contributed by atoms with Crippen LogP contribution in [-0.4, -0.2) is 28.5 Å². The molecule has 4 nitrogen and oxygen atoms in total. The molecule has 0 spiro atoms. The second-order valence-electron chi connectivity index (χ2n) is 5.43. The van der Waals surface area contributed by atoms with Crippen LogP contribution in [-0.2, 0) is 6.54 Å². The Morgan fingerprint density at radius 2 is 2.10 bits per heavy atom. The molecule has 0 bridgehead atoms. The lowest BCUT2D eigenvalue weighted by Gasteiger charge is -2.21. The number of imidazole rings is 1. The molecule has 0 unspecified atom stereocenters. The van der Waals surface area contributed by atoms with Crippen LogP contribution in [0.5, 0.6) is 0 Å². The van der Waals surface area contributed by atoms with Crippen molar-refractivity contribution in [3.05, 3.63) is 30.1 Å². The number of rotatable bonds is 7. The maximum atomic E-state index is 4.83. The van der Waals surface area contributed by atoms with Gasteiger partial charge in [-0.2, -0.15) is 0 Å².